The zero-order valence-electron chi connectivity index (χ0n) is 10.5. The highest BCUT2D eigenvalue weighted by Gasteiger charge is 2.25. The molecule has 9 heteroatoms. The van der Waals surface area contributed by atoms with Gasteiger partial charge in [0.25, 0.3) is 0 Å². The lowest BCUT2D eigenvalue weighted by Gasteiger charge is -2.26. The second-order valence-corrected chi connectivity index (χ2v) is 6.26. The van der Waals surface area contributed by atoms with Crippen molar-refractivity contribution in [2.75, 3.05) is 31.0 Å². The number of hydrogen-bond acceptors (Lipinski definition) is 4. The number of anilines is 1. The minimum Gasteiger partial charge on any atom is -0.389 e. The number of halogens is 1. The van der Waals surface area contributed by atoms with E-state index >= 15 is 0 Å². The van der Waals surface area contributed by atoms with E-state index in [2.05, 4.69) is 4.72 Å². The molecule has 0 saturated carbocycles. The van der Waals surface area contributed by atoms with Crippen molar-refractivity contribution in [1.82, 2.24) is 4.31 Å². The molecule has 0 aliphatic carbocycles. The lowest BCUT2D eigenvalue weighted by molar-refractivity contribution is 0.0733. The van der Waals surface area contributed by atoms with Crippen molar-refractivity contribution >= 4 is 33.1 Å². The highest BCUT2D eigenvalue weighted by atomic mass is 32.2. The summed E-state index contributed by atoms with van der Waals surface area (Å²) in [5, 5.41) is 0. The van der Waals surface area contributed by atoms with Crippen LogP contribution in [0.5, 0.6) is 0 Å². The van der Waals surface area contributed by atoms with Crippen molar-refractivity contribution in [2.24, 2.45) is 5.73 Å². The molecule has 3 N–H and O–H groups in total. The van der Waals surface area contributed by atoms with Gasteiger partial charge in [0.1, 0.15) is 10.8 Å². The molecule has 1 heterocycles. The second kappa shape index (κ2) is 6.00. The van der Waals surface area contributed by atoms with Gasteiger partial charge in [-0.3, -0.25) is 4.72 Å². The molecular weight excluding hydrogens is 305 g/mol. The van der Waals surface area contributed by atoms with Crippen molar-refractivity contribution < 1.29 is 17.5 Å². The van der Waals surface area contributed by atoms with E-state index < -0.39 is 16.0 Å². The fourth-order valence-corrected chi connectivity index (χ4v) is 3.26. The normalized spacial score (nSPS) is 16.9. The molecule has 2 rings (SSSR count). The van der Waals surface area contributed by atoms with E-state index in [1.165, 1.54) is 22.5 Å². The van der Waals surface area contributed by atoms with Gasteiger partial charge < -0.3 is 10.5 Å². The van der Waals surface area contributed by atoms with E-state index in [9.17, 15) is 12.8 Å². The molecule has 0 aromatic heterocycles. The molecule has 0 spiro atoms. The fraction of sp³-hybridized carbons (Fsp3) is 0.364. The van der Waals surface area contributed by atoms with E-state index in [-0.39, 0.29) is 29.3 Å². The highest BCUT2D eigenvalue weighted by molar-refractivity contribution is 7.90. The maximum absolute atomic E-state index is 13.7. The lowest BCUT2D eigenvalue weighted by atomic mass is 10.2. The summed E-state index contributed by atoms with van der Waals surface area (Å²) in [5.41, 5.74) is 5.36. The van der Waals surface area contributed by atoms with Crippen LogP contribution in [0.4, 0.5) is 10.1 Å². The summed E-state index contributed by atoms with van der Waals surface area (Å²) in [6, 6.07) is 3.96. The summed E-state index contributed by atoms with van der Waals surface area (Å²) in [6.07, 6.45) is 0. The van der Waals surface area contributed by atoms with Gasteiger partial charge in [0.15, 0.2) is 0 Å². The number of morpholine rings is 1. The van der Waals surface area contributed by atoms with Gasteiger partial charge in [-0.15, -0.1) is 0 Å². The Morgan fingerprint density at radius 2 is 2.05 bits per heavy atom. The summed E-state index contributed by atoms with van der Waals surface area (Å²) in [7, 11) is -3.79. The predicted molar refractivity (Wildman–Crippen MR) is 77.2 cm³/mol. The van der Waals surface area contributed by atoms with Crippen LogP contribution in [0.1, 0.15) is 5.56 Å². The standard InChI is InChI=1S/C11H14FN3O3S2/c12-8-2-1-3-9(10(8)11(13)19)14-20(16,17)15-4-6-18-7-5-15/h1-3,14H,4-7H2,(H2,13,19). The zero-order chi connectivity index (χ0) is 14.8. The maximum atomic E-state index is 13.7. The molecule has 1 aromatic carbocycles. The molecule has 1 aromatic rings. The molecule has 1 fully saturated rings. The van der Waals surface area contributed by atoms with Gasteiger partial charge in [0, 0.05) is 13.1 Å². The summed E-state index contributed by atoms with van der Waals surface area (Å²) >= 11 is 4.75. The molecule has 0 unspecified atom stereocenters. The van der Waals surface area contributed by atoms with Gasteiger partial charge in [-0.1, -0.05) is 18.3 Å². The van der Waals surface area contributed by atoms with Gasteiger partial charge in [-0.2, -0.15) is 12.7 Å². The highest BCUT2D eigenvalue weighted by Crippen LogP contribution is 2.21. The molecule has 1 saturated heterocycles. The number of rotatable bonds is 4. The number of benzene rings is 1. The quantitative estimate of drug-likeness (QED) is 0.787. The summed E-state index contributed by atoms with van der Waals surface area (Å²) < 4.78 is 46.7. The molecule has 6 nitrogen and oxygen atoms in total. The number of thiocarbonyl (C=S) groups is 1. The first-order valence-electron chi connectivity index (χ1n) is 5.86. The van der Waals surface area contributed by atoms with Gasteiger partial charge >= 0.3 is 10.2 Å². The van der Waals surface area contributed by atoms with E-state index in [0.29, 0.717) is 13.2 Å². The van der Waals surface area contributed by atoms with Crippen LogP contribution in [-0.4, -0.2) is 44.0 Å². The molecular formula is C11H14FN3O3S2. The van der Waals surface area contributed by atoms with E-state index in [0.717, 1.165) is 0 Å². The molecule has 0 bridgehead atoms. The summed E-state index contributed by atoms with van der Waals surface area (Å²) in [5.74, 6) is -0.667. The average Bonchev–Trinajstić information content (AvgIpc) is 2.39. The van der Waals surface area contributed by atoms with Crippen LogP contribution >= 0.6 is 12.2 Å². The van der Waals surface area contributed by atoms with Crippen LogP contribution in [0.2, 0.25) is 0 Å². The van der Waals surface area contributed by atoms with Crippen molar-refractivity contribution in [3.05, 3.63) is 29.6 Å². The molecule has 20 heavy (non-hydrogen) atoms. The first-order valence-corrected chi connectivity index (χ1v) is 7.70. The van der Waals surface area contributed by atoms with Crippen molar-refractivity contribution in [1.29, 1.82) is 0 Å². The van der Waals surface area contributed by atoms with Crippen LogP contribution in [0.3, 0.4) is 0 Å². The third-order valence-electron chi connectivity index (χ3n) is 2.81. The molecule has 1 aliphatic heterocycles. The SMILES string of the molecule is NC(=S)c1c(F)cccc1NS(=O)(=O)N1CCOCC1. The Balaban J connectivity index is 2.29. The van der Waals surface area contributed by atoms with Crippen LogP contribution < -0.4 is 10.5 Å². The molecule has 1 aliphatic rings. The largest absolute Gasteiger partial charge is 0.389 e. The number of hydrogen-bond donors (Lipinski definition) is 2. The Kier molecular flexibility index (Phi) is 4.53. The number of nitrogens with two attached hydrogens (primary N) is 1. The number of ether oxygens (including phenoxy) is 1. The molecule has 110 valence electrons. The lowest BCUT2D eigenvalue weighted by Crippen LogP contribution is -2.43. The third kappa shape index (κ3) is 3.23. The Morgan fingerprint density at radius 1 is 1.40 bits per heavy atom. The molecule has 0 amide bonds. The van der Waals surface area contributed by atoms with E-state index in [4.69, 9.17) is 22.7 Å². The summed E-state index contributed by atoms with van der Waals surface area (Å²) in [4.78, 5) is -0.206. The fourth-order valence-electron chi connectivity index (χ4n) is 1.85. The Hall–Kier alpha value is -1.29. The van der Waals surface area contributed by atoms with Crippen LogP contribution in [-0.2, 0) is 14.9 Å². The van der Waals surface area contributed by atoms with Crippen molar-refractivity contribution in [2.45, 2.75) is 0 Å². The first kappa shape index (κ1) is 15.1. The van der Waals surface area contributed by atoms with Crippen LogP contribution in [0.15, 0.2) is 18.2 Å². The van der Waals surface area contributed by atoms with Crippen LogP contribution in [0, 0.1) is 5.82 Å². The van der Waals surface area contributed by atoms with Gasteiger partial charge in [-0.05, 0) is 12.1 Å². The topological polar surface area (TPSA) is 84.7 Å². The Morgan fingerprint density at radius 3 is 2.65 bits per heavy atom. The first-order chi connectivity index (χ1) is 9.42. The smallest absolute Gasteiger partial charge is 0.301 e. The monoisotopic (exact) mass is 319 g/mol. The Labute approximate surface area is 121 Å². The van der Waals surface area contributed by atoms with Gasteiger partial charge in [0.05, 0.1) is 24.5 Å². The number of nitrogens with one attached hydrogen (secondary N) is 1. The van der Waals surface area contributed by atoms with Gasteiger partial charge in [-0.25, -0.2) is 4.39 Å². The molecule has 0 atom stereocenters. The zero-order valence-corrected chi connectivity index (χ0v) is 12.1. The van der Waals surface area contributed by atoms with Crippen molar-refractivity contribution in [3.8, 4) is 0 Å². The van der Waals surface area contributed by atoms with E-state index in [1.54, 1.807) is 0 Å². The van der Waals surface area contributed by atoms with Gasteiger partial charge in [0.2, 0.25) is 0 Å². The van der Waals surface area contributed by atoms with E-state index in [1.807, 2.05) is 0 Å². The van der Waals surface area contributed by atoms with Crippen LogP contribution in [0.25, 0.3) is 0 Å². The Bertz CT molecular complexity index is 615. The number of nitrogens with zero attached hydrogens (tertiary/aromatic N) is 1. The predicted octanol–water partition coefficient (Wildman–Crippen LogP) is 0.449. The molecule has 0 radical (unpaired) electrons. The minimum atomic E-state index is -3.79. The second-order valence-electron chi connectivity index (χ2n) is 4.15. The average molecular weight is 319 g/mol. The minimum absolute atomic E-state index is 0.0315. The maximum Gasteiger partial charge on any atom is 0.301 e. The third-order valence-corrected chi connectivity index (χ3v) is 4.54. The van der Waals surface area contributed by atoms with Crippen molar-refractivity contribution in [3.63, 3.8) is 0 Å². The summed E-state index contributed by atoms with van der Waals surface area (Å²) in [6.45, 7) is 1.14.